The Morgan fingerprint density at radius 2 is 2.24 bits per heavy atom. The third-order valence-electron chi connectivity index (χ3n) is 3.31. The van der Waals surface area contributed by atoms with Crippen molar-refractivity contribution in [3.8, 4) is 5.75 Å². The second-order valence-corrected chi connectivity index (χ2v) is 4.82. The molecule has 1 atom stereocenters. The summed E-state index contributed by atoms with van der Waals surface area (Å²) in [6.07, 6.45) is 2.67. The minimum Gasteiger partial charge on any atom is -0.489 e. The van der Waals surface area contributed by atoms with Gasteiger partial charge in [0.25, 0.3) is 0 Å². The normalized spacial score (nSPS) is 16.9. The Hall–Kier alpha value is -1.09. The Kier molecular flexibility index (Phi) is 4.00. The number of hydrogen-bond acceptors (Lipinski definition) is 2. The molecule has 94 valence electrons. The average Bonchev–Trinajstić information content (AvgIpc) is 3.13. The quantitative estimate of drug-likeness (QED) is 0.768. The van der Waals surface area contributed by atoms with Gasteiger partial charge in [0.15, 0.2) is 11.6 Å². The second kappa shape index (κ2) is 5.50. The van der Waals surface area contributed by atoms with E-state index >= 15 is 0 Å². The summed E-state index contributed by atoms with van der Waals surface area (Å²) in [5, 5.41) is 3.40. The van der Waals surface area contributed by atoms with Gasteiger partial charge >= 0.3 is 0 Å². The Bertz CT molecular complexity index is 376. The van der Waals surface area contributed by atoms with Crippen LogP contribution in [0.5, 0.6) is 5.75 Å². The molecule has 3 heteroatoms. The summed E-state index contributed by atoms with van der Waals surface area (Å²) in [4.78, 5) is 0. The van der Waals surface area contributed by atoms with Crippen molar-refractivity contribution in [2.24, 2.45) is 5.92 Å². The summed E-state index contributed by atoms with van der Waals surface area (Å²) in [6, 6.07) is 5.79. The van der Waals surface area contributed by atoms with Crippen molar-refractivity contribution < 1.29 is 9.13 Å². The molecule has 1 fully saturated rings. The summed E-state index contributed by atoms with van der Waals surface area (Å²) in [5.41, 5.74) is 0.627. The summed E-state index contributed by atoms with van der Waals surface area (Å²) in [6.45, 7) is 5.23. The van der Waals surface area contributed by atoms with Crippen LogP contribution in [0.2, 0.25) is 0 Å². The van der Waals surface area contributed by atoms with Crippen molar-refractivity contribution in [3.05, 3.63) is 29.6 Å². The van der Waals surface area contributed by atoms with E-state index in [4.69, 9.17) is 4.74 Å². The molecule has 1 aliphatic carbocycles. The van der Waals surface area contributed by atoms with E-state index in [0.717, 1.165) is 12.5 Å². The molecule has 1 aliphatic rings. The highest BCUT2D eigenvalue weighted by molar-refractivity contribution is 5.29. The minimum absolute atomic E-state index is 0.247. The van der Waals surface area contributed by atoms with Gasteiger partial charge in [0.2, 0.25) is 0 Å². The Balaban J connectivity index is 1.72. The fourth-order valence-electron chi connectivity index (χ4n) is 1.94. The summed E-state index contributed by atoms with van der Waals surface area (Å²) in [5.74, 6) is 0.944. The Morgan fingerprint density at radius 3 is 2.94 bits per heavy atom. The van der Waals surface area contributed by atoms with Crippen LogP contribution in [0.4, 0.5) is 4.39 Å². The van der Waals surface area contributed by atoms with Gasteiger partial charge < -0.3 is 10.1 Å². The molecule has 1 unspecified atom stereocenters. The van der Waals surface area contributed by atoms with Crippen LogP contribution in [0.25, 0.3) is 0 Å². The molecule has 0 radical (unpaired) electrons. The predicted molar refractivity (Wildman–Crippen MR) is 66.8 cm³/mol. The Labute approximate surface area is 102 Å². The lowest BCUT2D eigenvalue weighted by Crippen LogP contribution is -2.31. The monoisotopic (exact) mass is 237 g/mol. The van der Waals surface area contributed by atoms with Crippen LogP contribution in [-0.4, -0.2) is 19.2 Å². The third-order valence-corrected chi connectivity index (χ3v) is 3.31. The van der Waals surface area contributed by atoms with Crippen molar-refractivity contribution in [3.63, 3.8) is 0 Å². The SMILES string of the molecule is Cc1cccc(OCCNC(C)C2CC2)c1F. The maximum absolute atomic E-state index is 13.6. The van der Waals surface area contributed by atoms with Crippen molar-refractivity contribution in [2.75, 3.05) is 13.2 Å². The molecule has 2 nitrogen and oxygen atoms in total. The van der Waals surface area contributed by atoms with Crippen LogP contribution in [-0.2, 0) is 0 Å². The fraction of sp³-hybridized carbons (Fsp3) is 0.571. The molecular formula is C14H20FNO. The molecular weight excluding hydrogens is 217 g/mol. The van der Waals surface area contributed by atoms with Crippen LogP contribution >= 0.6 is 0 Å². The van der Waals surface area contributed by atoms with E-state index in [1.165, 1.54) is 12.8 Å². The lowest BCUT2D eigenvalue weighted by molar-refractivity contribution is 0.289. The van der Waals surface area contributed by atoms with Gasteiger partial charge in [-0.2, -0.15) is 0 Å². The zero-order valence-electron chi connectivity index (χ0n) is 10.5. The first kappa shape index (κ1) is 12.4. The molecule has 1 aromatic carbocycles. The van der Waals surface area contributed by atoms with Crippen LogP contribution < -0.4 is 10.1 Å². The highest BCUT2D eigenvalue weighted by Crippen LogP contribution is 2.32. The van der Waals surface area contributed by atoms with E-state index in [1.54, 1.807) is 19.1 Å². The number of benzene rings is 1. The van der Waals surface area contributed by atoms with E-state index < -0.39 is 0 Å². The van der Waals surface area contributed by atoms with Crippen LogP contribution in [0.1, 0.15) is 25.3 Å². The molecule has 1 saturated carbocycles. The molecule has 1 N–H and O–H groups in total. The summed E-state index contributed by atoms with van der Waals surface area (Å²) < 4.78 is 19.0. The molecule has 0 amide bonds. The fourth-order valence-corrected chi connectivity index (χ4v) is 1.94. The topological polar surface area (TPSA) is 21.3 Å². The molecule has 0 bridgehead atoms. The summed E-state index contributed by atoms with van der Waals surface area (Å²) in [7, 11) is 0. The molecule has 17 heavy (non-hydrogen) atoms. The number of halogens is 1. The highest BCUT2D eigenvalue weighted by atomic mass is 19.1. The van der Waals surface area contributed by atoms with Gasteiger partial charge in [0, 0.05) is 12.6 Å². The van der Waals surface area contributed by atoms with Crippen LogP contribution in [0.15, 0.2) is 18.2 Å². The number of hydrogen-bond donors (Lipinski definition) is 1. The lowest BCUT2D eigenvalue weighted by Gasteiger charge is -2.13. The van der Waals surface area contributed by atoms with E-state index in [1.807, 2.05) is 6.07 Å². The van der Waals surface area contributed by atoms with Gasteiger partial charge in [-0.25, -0.2) is 4.39 Å². The smallest absolute Gasteiger partial charge is 0.167 e. The average molecular weight is 237 g/mol. The largest absolute Gasteiger partial charge is 0.489 e. The zero-order valence-corrected chi connectivity index (χ0v) is 10.5. The van der Waals surface area contributed by atoms with E-state index in [0.29, 0.717) is 24.0 Å². The minimum atomic E-state index is -0.247. The maximum atomic E-state index is 13.6. The van der Waals surface area contributed by atoms with Gasteiger partial charge in [-0.05, 0) is 44.2 Å². The standard InChI is InChI=1S/C14H20FNO/c1-10-4-3-5-13(14(10)15)17-9-8-16-11(2)12-6-7-12/h3-5,11-12,16H,6-9H2,1-2H3. The Morgan fingerprint density at radius 1 is 1.47 bits per heavy atom. The zero-order chi connectivity index (χ0) is 12.3. The molecule has 0 saturated heterocycles. The molecule has 0 heterocycles. The first-order chi connectivity index (χ1) is 8.18. The van der Waals surface area contributed by atoms with Gasteiger partial charge in [0.05, 0.1) is 0 Å². The number of ether oxygens (including phenoxy) is 1. The van der Waals surface area contributed by atoms with E-state index in [-0.39, 0.29) is 5.82 Å². The van der Waals surface area contributed by atoms with Gasteiger partial charge in [-0.15, -0.1) is 0 Å². The van der Waals surface area contributed by atoms with Crippen LogP contribution in [0.3, 0.4) is 0 Å². The molecule has 2 rings (SSSR count). The number of rotatable bonds is 6. The third kappa shape index (κ3) is 3.43. The van der Waals surface area contributed by atoms with E-state index in [2.05, 4.69) is 12.2 Å². The molecule has 0 aliphatic heterocycles. The molecule has 0 spiro atoms. The molecule has 1 aromatic rings. The predicted octanol–water partition coefficient (Wildman–Crippen LogP) is 2.90. The van der Waals surface area contributed by atoms with Crippen LogP contribution in [0, 0.1) is 18.7 Å². The number of nitrogens with one attached hydrogen (secondary N) is 1. The first-order valence-corrected chi connectivity index (χ1v) is 6.30. The highest BCUT2D eigenvalue weighted by Gasteiger charge is 2.27. The molecule has 0 aromatic heterocycles. The van der Waals surface area contributed by atoms with Gasteiger partial charge in [-0.1, -0.05) is 12.1 Å². The van der Waals surface area contributed by atoms with Gasteiger partial charge in [0.1, 0.15) is 6.61 Å². The van der Waals surface area contributed by atoms with Crippen molar-refractivity contribution in [2.45, 2.75) is 32.7 Å². The van der Waals surface area contributed by atoms with Gasteiger partial charge in [-0.3, -0.25) is 0 Å². The summed E-state index contributed by atoms with van der Waals surface area (Å²) >= 11 is 0. The first-order valence-electron chi connectivity index (χ1n) is 6.30. The second-order valence-electron chi connectivity index (χ2n) is 4.82. The van der Waals surface area contributed by atoms with E-state index in [9.17, 15) is 4.39 Å². The van der Waals surface area contributed by atoms with Crippen molar-refractivity contribution in [1.82, 2.24) is 5.32 Å². The lowest BCUT2D eigenvalue weighted by atomic mass is 10.2. The van der Waals surface area contributed by atoms with Crippen molar-refractivity contribution >= 4 is 0 Å². The van der Waals surface area contributed by atoms with Crippen molar-refractivity contribution in [1.29, 1.82) is 0 Å². The maximum Gasteiger partial charge on any atom is 0.167 e. The number of aryl methyl sites for hydroxylation is 1.